The van der Waals surface area contributed by atoms with Crippen LogP contribution in [0.1, 0.15) is 18.9 Å². The number of hydrogen-bond acceptors (Lipinski definition) is 4. The maximum absolute atomic E-state index is 11.6. The lowest BCUT2D eigenvalue weighted by molar-refractivity contribution is 0.214. The summed E-state index contributed by atoms with van der Waals surface area (Å²) in [7, 11) is 3.14. The van der Waals surface area contributed by atoms with Crippen LogP contribution < -0.4 is 20.1 Å². The smallest absolute Gasteiger partial charge is 0.315 e. The molecule has 3 N–H and O–H groups in total. The van der Waals surface area contributed by atoms with E-state index in [-0.39, 0.29) is 18.7 Å². The minimum atomic E-state index is -0.305. The molecule has 1 aromatic carbocycles. The van der Waals surface area contributed by atoms with Crippen molar-refractivity contribution in [3.8, 4) is 11.5 Å². The standard InChI is InChI=1S/C14H22N2O4/c1-4-11(9-17)16-14(18)15-8-10-5-6-12(19-2)13(7-10)20-3/h5-7,11,17H,4,8-9H2,1-3H3,(H2,15,16,18). The average Bonchev–Trinajstić information content (AvgIpc) is 2.50. The van der Waals surface area contributed by atoms with E-state index in [0.29, 0.717) is 24.5 Å². The Labute approximate surface area is 119 Å². The highest BCUT2D eigenvalue weighted by Gasteiger charge is 2.09. The minimum Gasteiger partial charge on any atom is -0.493 e. The van der Waals surface area contributed by atoms with E-state index >= 15 is 0 Å². The number of rotatable bonds is 7. The van der Waals surface area contributed by atoms with Gasteiger partial charge in [0.2, 0.25) is 0 Å². The van der Waals surface area contributed by atoms with E-state index < -0.39 is 0 Å². The lowest BCUT2D eigenvalue weighted by atomic mass is 10.2. The van der Waals surface area contributed by atoms with Crippen LogP contribution in [0.2, 0.25) is 0 Å². The fourth-order valence-electron chi connectivity index (χ4n) is 1.69. The van der Waals surface area contributed by atoms with Gasteiger partial charge in [0.25, 0.3) is 0 Å². The van der Waals surface area contributed by atoms with Gasteiger partial charge in [-0.25, -0.2) is 4.79 Å². The molecule has 0 aromatic heterocycles. The lowest BCUT2D eigenvalue weighted by Crippen LogP contribution is -2.43. The van der Waals surface area contributed by atoms with E-state index in [1.54, 1.807) is 20.3 Å². The highest BCUT2D eigenvalue weighted by molar-refractivity contribution is 5.74. The Morgan fingerprint density at radius 1 is 1.30 bits per heavy atom. The maximum atomic E-state index is 11.6. The quantitative estimate of drug-likeness (QED) is 0.703. The molecule has 1 rings (SSSR count). The number of ether oxygens (including phenoxy) is 2. The number of carbonyl (C=O) groups excluding carboxylic acids is 1. The molecule has 0 saturated carbocycles. The SMILES string of the molecule is CCC(CO)NC(=O)NCc1ccc(OC)c(OC)c1. The number of aliphatic hydroxyl groups is 1. The van der Waals surface area contributed by atoms with Crippen molar-refractivity contribution in [3.63, 3.8) is 0 Å². The third-order valence-electron chi connectivity index (χ3n) is 2.95. The van der Waals surface area contributed by atoms with Crippen molar-refractivity contribution in [2.24, 2.45) is 0 Å². The van der Waals surface area contributed by atoms with Crippen molar-refractivity contribution >= 4 is 6.03 Å². The second kappa shape index (κ2) is 8.27. The van der Waals surface area contributed by atoms with Crippen LogP contribution in [0.25, 0.3) is 0 Å². The van der Waals surface area contributed by atoms with E-state index in [1.807, 2.05) is 19.1 Å². The zero-order valence-electron chi connectivity index (χ0n) is 12.1. The Balaban J connectivity index is 2.55. The second-order valence-electron chi connectivity index (χ2n) is 4.30. The molecule has 0 fully saturated rings. The third-order valence-corrected chi connectivity index (χ3v) is 2.95. The molecular formula is C14H22N2O4. The third kappa shape index (κ3) is 4.62. The first-order chi connectivity index (χ1) is 9.64. The number of carbonyl (C=O) groups is 1. The molecule has 1 unspecified atom stereocenters. The first kappa shape index (κ1) is 16.1. The largest absolute Gasteiger partial charge is 0.493 e. The molecule has 1 atom stereocenters. The molecule has 0 heterocycles. The van der Waals surface area contributed by atoms with Crippen molar-refractivity contribution in [3.05, 3.63) is 23.8 Å². The summed E-state index contributed by atoms with van der Waals surface area (Å²) < 4.78 is 10.3. The molecule has 0 saturated heterocycles. The predicted octanol–water partition coefficient (Wildman–Crippen LogP) is 1.27. The highest BCUT2D eigenvalue weighted by atomic mass is 16.5. The van der Waals surface area contributed by atoms with E-state index in [4.69, 9.17) is 14.6 Å². The maximum Gasteiger partial charge on any atom is 0.315 e. The van der Waals surface area contributed by atoms with Gasteiger partial charge in [0.15, 0.2) is 11.5 Å². The van der Waals surface area contributed by atoms with Crippen molar-refractivity contribution < 1.29 is 19.4 Å². The van der Waals surface area contributed by atoms with Gasteiger partial charge in [-0.3, -0.25) is 0 Å². The summed E-state index contributed by atoms with van der Waals surface area (Å²) in [5.74, 6) is 1.26. The number of amides is 2. The van der Waals surface area contributed by atoms with Gasteiger partial charge >= 0.3 is 6.03 Å². The highest BCUT2D eigenvalue weighted by Crippen LogP contribution is 2.27. The van der Waals surface area contributed by atoms with Gasteiger partial charge in [-0.05, 0) is 24.1 Å². The number of nitrogens with one attached hydrogen (secondary N) is 2. The molecule has 112 valence electrons. The molecule has 6 heteroatoms. The summed E-state index contributed by atoms with van der Waals surface area (Å²) in [5.41, 5.74) is 0.898. The van der Waals surface area contributed by atoms with Crippen molar-refractivity contribution in [1.29, 1.82) is 0 Å². The second-order valence-corrected chi connectivity index (χ2v) is 4.30. The van der Waals surface area contributed by atoms with Crippen LogP contribution in [0.3, 0.4) is 0 Å². The minimum absolute atomic E-state index is 0.0692. The number of aliphatic hydroxyl groups excluding tert-OH is 1. The Bertz CT molecular complexity index is 433. The molecule has 0 radical (unpaired) electrons. The van der Waals surface area contributed by atoms with Crippen LogP contribution in [0.4, 0.5) is 4.79 Å². The molecule has 0 bridgehead atoms. The Kier molecular flexibility index (Phi) is 6.66. The summed E-state index contributed by atoms with van der Waals surface area (Å²) in [5, 5.41) is 14.4. The van der Waals surface area contributed by atoms with Gasteiger partial charge in [0.05, 0.1) is 26.9 Å². The topological polar surface area (TPSA) is 79.8 Å². The monoisotopic (exact) mass is 282 g/mol. The van der Waals surface area contributed by atoms with Crippen LogP contribution in [-0.2, 0) is 6.54 Å². The molecule has 0 spiro atoms. The zero-order valence-corrected chi connectivity index (χ0v) is 12.1. The molecule has 0 aliphatic rings. The van der Waals surface area contributed by atoms with E-state index in [2.05, 4.69) is 10.6 Å². The van der Waals surface area contributed by atoms with Crippen LogP contribution in [0.5, 0.6) is 11.5 Å². The van der Waals surface area contributed by atoms with Crippen molar-refractivity contribution in [1.82, 2.24) is 10.6 Å². The zero-order chi connectivity index (χ0) is 15.0. The van der Waals surface area contributed by atoms with E-state index in [0.717, 1.165) is 5.56 Å². The van der Waals surface area contributed by atoms with Gasteiger partial charge < -0.3 is 25.2 Å². The predicted molar refractivity (Wildman–Crippen MR) is 76.1 cm³/mol. The summed E-state index contributed by atoms with van der Waals surface area (Å²) in [6.45, 7) is 2.20. The molecule has 6 nitrogen and oxygen atoms in total. The van der Waals surface area contributed by atoms with Crippen LogP contribution in [0, 0.1) is 0 Å². The molecule has 0 aliphatic carbocycles. The van der Waals surface area contributed by atoms with Gasteiger partial charge in [-0.15, -0.1) is 0 Å². The van der Waals surface area contributed by atoms with Crippen LogP contribution in [-0.4, -0.2) is 38.0 Å². The molecule has 0 aliphatic heterocycles. The summed E-state index contributed by atoms with van der Waals surface area (Å²) >= 11 is 0. The molecule has 2 amide bonds. The first-order valence-corrected chi connectivity index (χ1v) is 6.50. The van der Waals surface area contributed by atoms with Crippen LogP contribution >= 0.6 is 0 Å². The Morgan fingerprint density at radius 3 is 2.55 bits per heavy atom. The molecule has 1 aromatic rings. The molecule has 20 heavy (non-hydrogen) atoms. The van der Waals surface area contributed by atoms with Gasteiger partial charge in [0.1, 0.15) is 0 Å². The summed E-state index contributed by atoms with van der Waals surface area (Å²) in [4.78, 5) is 11.6. The average molecular weight is 282 g/mol. The Morgan fingerprint density at radius 2 is 2.00 bits per heavy atom. The van der Waals surface area contributed by atoms with Gasteiger partial charge in [0, 0.05) is 6.54 Å². The fourth-order valence-corrected chi connectivity index (χ4v) is 1.69. The Hall–Kier alpha value is -1.95. The number of methoxy groups -OCH3 is 2. The van der Waals surface area contributed by atoms with E-state index in [9.17, 15) is 4.79 Å². The van der Waals surface area contributed by atoms with Crippen molar-refractivity contribution in [2.45, 2.75) is 25.9 Å². The normalized spacial score (nSPS) is 11.6. The first-order valence-electron chi connectivity index (χ1n) is 6.50. The van der Waals surface area contributed by atoms with Gasteiger partial charge in [-0.2, -0.15) is 0 Å². The lowest BCUT2D eigenvalue weighted by Gasteiger charge is -2.15. The number of hydrogen-bond donors (Lipinski definition) is 3. The van der Waals surface area contributed by atoms with E-state index in [1.165, 1.54) is 0 Å². The summed E-state index contributed by atoms with van der Waals surface area (Å²) in [6, 6.07) is 4.92. The fraction of sp³-hybridized carbons (Fsp3) is 0.500. The summed E-state index contributed by atoms with van der Waals surface area (Å²) in [6.07, 6.45) is 0.681. The van der Waals surface area contributed by atoms with Crippen molar-refractivity contribution in [2.75, 3.05) is 20.8 Å². The van der Waals surface area contributed by atoms with Gasteiger partial charge in [-0.1, -0.05) is 13.0 Å². The molecular weight excluding hydrogens is 260 g/mol. The van der Waals surface area contributed by atoms with Crippen LogP contribution in [0.15, 0.2) is 18.2 Å². The number of benzene rings is 1. The number of urea groups is 1.